The van der Waals surface area contributed by atoms with E-state index in [-0.39, 0.29) is 12.2 Å². The molecule has 7 nitrogen and oxygen atoms in total. The summed E-state index contributed by atoms with van der Waals surface area (Å²) < 4.78 is 23.7. The highest BCUT2D eigenvalue weighted by Gasteiger charge is 2.58. The van der Waals surface area contributed by atoms with Crippen LogP contribution in [0.2, 0.25) is 0 Å². The summed E-state index contributed by atoms with van der Waals surface area (Å²) in [6.45, 7) is 3.06. The summed E-state index contributed by atoms with van der Waals surface area (Å²) in [5.41, 5.74) is 2.76. The van der Waals surface area contributed by atoms with Gasteiger partial charge in [-0.25, -0.2) is 14.0 Å². The molecule has 172 valence electrons. The molecule has 5 rings (SSSR count). The van der Waals surface area contributed by atoms with E-state index in [1.165, 1.54) is 6.07 Å². The quantitative estimate of drug-likeness (QED) is 0.513. The van der Waals surface area contributed by atoms with E-state index in [9.17, 15) is 18.8 Å². The average molecular weight is 452 g/mol. The minimum absolute atomic E-state index is 0.164. The molecule has 1 atom stereocenters. The van der Waals surface area contributed by atoms with Crippen LogP contribution in [0.3, 0.4) is 0 Å². The fraction of sp³-hybridized carbons (Fsp3) is 0.400. The first-order chi connectivity index (χ1) is 15.9. The Balaban J connectivity index is 1.27. The van der Waals surface area contributed by atoms with E-state index in [0.717, 1.165) is 49.3 Å². The molecule has 2 aromatic rings. The minimum Gasteiger partial charge on any atom is -0.405 e. The number of amides is 1. The van der Waals surface area contributed by atoms with Gasteiger partial charge in [-0.15, -0.1) is 0 Å². The van der Waals surface area contributed by atoms with E-state index in [0.29, 0.717) is 18.9 Å². The van der Waals surface area contributed by atoms with Crippen molar-refractivity contribution in [3.63, 3.8) is 0 Å². The first-order valence-electron chi connectivity index (χ1n) is 11.3. The molecule has 3 heterocycles. The second-order valence-corrected chi connectivity index (χ2v) is 8.81. The monoisotopic (exact) mass is 452 g/mol. The fourth-order valence-corrected chi connectivity index (χ4v) is 5.04. The number of ether oxygens (including phenoxy) is 2. The van der Waals surface area contributed by atoms with Gasteiger partial charge in [-0.2, -0.15) is 0 Å². The second kappa shape index (κ2) is 8.59. The molecule has 0 aliphatic carbocycles. The molecular weight excluding hydrogens is 427 g/mol. The largest absolute Gasteiger partial charge is 0.421 e. The summed E-state index contributed by atoms with van der Waals surface area (Å²) in [6, 6.07) is 14.4. The zero-order chi connectivity index (χ0) is 23.0. The third-order valence-electron chi connectivity index (χ3n) is 6.71. The molecule has 0 bridgehead atoms. The predicted octanol–water partition coefficient (Wildman–Crippen LogP) is 2.78. The number of rotatable bonds is 5. The van der Waals surface area contributed by atoms with Gasteiger partial charge in [0.2, 0.25) is 0 Å². The van der Waals surface area contributed by atoms with E-state index in [4.69, 9.17) is 9.47 Å². The van der Waals surface area contributed by atoms with Crippen LogP contribution in [0.4, 0.5) is 10.1 Å². The number of carbonyl (C=O) groups excluding carboxylic acids is 3. The standard InChI is InChI=1S/C25H25FN2O5/c26-20-7-3-6-18(15-20)19-10-14-27(16-19)13-9-17-5-1-2-8-21(17)28-12-4-11-25(24(28)31)32-22(29)23(30)33-25/h1-3,5-8,15,19H,4,9-14,16H2. The Morgan fingerprint density at radius 1 is 1.00 bits per heavy atom. The lowest BCUT2D eigenvalue weighted by atomic mass is 9.98. The maximum absolute atomic E-state index is 13.6. The number of anilines is 1. The Morgan fingerprint density at radius 2 is 1.79 bits per heavy atom. The number of hydrogen-bond donors (Lipinski definition) is 0. The highest BCUT2D eigenvalue weighted by Crippen LogP contribution is 2.36. The van der Waals surface area contributed by atoms with Crippen molar-refractivity contribution in [2.24, 2.45) is 0 Å². The van der Waals surface area contributed by atoms with Crippen LogP contribution in [-0.4, -0.2) is 54.7 Å². The van der Waals surface area contributed by atoms with E-state index >= 15 is 0 Å². The molecule has 2 aromatic carbocycles. The SMILES string of the molecule is O=C1OC2(CCCN(c3ccccc3CCN3CCC(c4cccc(F)c4)C3)C2=O)OC1=O. The van der Waals surface area contributed by atoms with Crippen molar-refractivity contribution in [3.05, 3.63) is 65.5 Å². The molecule has 3 saturated heterocycles. The van der Waals surface area contributed by atoms with Gasteiger partial charge in [-0.05, 0) is 61.1 Å². The van der Waals surface area contributed by atoms with E-state index < -0.39 is 23.6 Å². The number of benzene rings is 2. The lowest BCUT2D eigenvalue weighted by molar-refractivity contribution is -0.192. The number of para-hydroxylation sites is 1. The van der Waals surface area contributed by atoms with Crippen molar-refractivity contribution in [1.82, 2.24) is 4.90 Å². The smallest absolute Gasteiger partial charge is 0.405 e. The van der Waals surface area contributed by atoms with Crippen molar-refractivity contribution >= 4 is 23.5 Å². The molecule has 3 aliphatic rings. The van der Waals surface area contributed by atoms with Crippen LogP contribution in [0.15, 0.2) is 48.5 Å². The van der Waals surface area contributed by atoms with E-state index in [2.05, 4.69) is 4.90 Å². The van der Waals surface area contributed by atoms with Crippen LogP contribution in [-0.2, 0) is 30.3 Å². The number of likely N-dealkylation sites (tertiary alicyclic amines) is 1. The number of nitrogens with zero attached hydrogens (tertiary/aromatic N) is 2. The van der Waals surface area contributed by atoms with Crippen LogP contribution in [0, 0.1) is 5.82 Å². The van der Waals surface area contributed by atoms with Gasteiger partial charge in [0.05, 0.1) is 0 Å². The fourth-order valence-electron chi connectivity index (χ4n) is 5.04. The Bertz CT molecular complexity index is 1090. The van der Waals surface area contributed by atoms with Gasteiger partial charge in [0.25, 0.3) is 0 Å². The zero-order valence-corrected chi connectivity index (χ0v) is 18.2. The topological polar surface area (TPSA) is 76.2 Å². The Morgan fingerprint density at radius 3 is 2.58 bits per heavy atom. The number of carbonyl (C=O) groups is 3. The van der Waals surface area contributed by atoms with Gasteiger partial charge in [-0.3, -0.25) is 4.79 Å². The first kappa shape index (κ1) is 21.6. The molecule has 1 amide bonds. The number of hydrogen-bond acceptors (Lipinski definition) is 6. The molecule has 3 fully saturated rings. The van der Waals surface area contributed by atoms with Gasteiger partial charge in [0, 0.05) is 31.7 Å². The van der Waals surface area contributed by atoms with Crippen molar-refractivity contribution in [1.29, 1.82) is 0 Å². The Hall–Kier alpha value is -3.26. The normalized spacial score (nSPS) is 22.6. The second-order valence-electron chi connectivity index (χ2n) is 8.81. The van der Waals surface area contributed by atoms with E-state index in [1.807, 2.05) is 30.3 Å². The maximum atomic E-state index is 13.6. The lowest BCUT2D eigenvalue weighted by Gasteiger charge is -2.36. The number of halogens is 1. The molecule has 0 radical (unpaired) electrons. The Labute approximate surface area is 191 Å². The predicted molar refractivity (Wildman–Crippen MR) is 117 cm³/mol. The van der Waals surface area contributed by atoms with Crippen LogP contribution in [0.5, 0.6) is 0 Å². The highest BCUT2D eigenvalue weighted by molar-refractivity contribution is 6.32. The zero-order valence-electron chi connectivity index (χ0n) is 18.2. The summed E-state index contributed by atoms with van der Waals surface area (Å²) in [5.74, 6) is -4.51. The highest BCUT2D eigenvalue weighted by atomic mass is 19.1. The maximum Gasteiger partial charge on any atom is 0.421 e. The van der Waals surface area contributed by atoms with Gasteiger partial charge in [-0.1, -0.05) is 30.3 Å². The lowest BCUT2D eigenvalue weighted by Crippen LogP contribution is -2.55. The van der Waals surface area contributed by atoms with Gasteiger partial charge >= 0.3 is 23.6 Å². The van der Waals surface area contributed by atoms with E-state index in [1.54, 1.807) is 17.0 Å². The van der Waals surface area contributed by atoms with Gasteiger partial charge < -0.3 is 19.3 Å². The van der Waals surface area contributed by atoms with Crippen LogP contribution in [0.25, 0.3) is 0 Å². The summed E-state index contributed by atoms with van der Waals surface area (Å²) in [5, 5.41) is 0. The van der Waals surface area contributed by atoms with Gasteiger partial charge in [0.1, 0.15) is 5.82 Å². The van der Waals surface area contributed by atoms with Crippen molar-refractivity contribution < 1.29 is 28.2 Å². The van der Waals surface area contributed by atoms with Crippen LogP contribution >= 0.6 is 0 Å². The van der Waals surface area contributed by atoms with Crippen molar-refractivity contribution in [2.75, 3.05) is 31.1 Å². The molecular formula is C25H25FN2O5. The average Bonchev–Trinajstić information content (AvgIpc) is 3.39. The molecule has 0 N–H and O–H groups in total. The molecule has 0 aromatic heterocycles. The molecule has 0 saturated carbocycles. The number of esters is 2. The first-order valence-corrected chi connectivity index (χ1v) is 11.3. The summed E-state index contributed by atoms with van der Waals surface area (Å²) in [6.07, 6.45) is 2.41. The summed E-state index contributed by atoms with van der Waals surface area (Å²) >= 11 is 0. The molecule has 1 unspecified atom stereocenters. The van der Waals surface area contributed by atoms with Crippen LogP contribution in [0.1, 0.15) is 36.3 Å². The van der Waals surface area contributed by atoms with Gasteiger partial charge in [0.15, 0.2) is 0 Å². The Kier molecular flexibility index (Phi) is 5.62. The molecule has 33 heavy (non-hydrogen) atoms. The third kappa shape index (κ3) is 4.11. The molecule has 1 spiro atoms. The number of piperidine rings is 1. The third-order valence-corrected chi connectivity index (χ3v) is 6.71. The minimum atomic E-state index is -1.84. The van der Waals surface area contributed by atoms with Crippen molar-refractivity contribution in [3.8, 4) is 0 Å². The summed E-state index contributed by atoms with van der Waals surface area (Å²) in [7, 11) is 0. The van der Waals surface area contributed by atoms with Crippen LogP contribution < -0.4 is 4.90 Å². The molecule has 8 heteroatoms. The molecule has 3 aliphatic heterocycles. The van der Waals surface area contributed by atoms with Crippen molar-refractivity contribution in [2.45, 2.75) is 37.4 Å². The summed E-state index contributed by atoms with van der Waals surface area (Å²) in [4.78, 5) is 40.3.